The van der Waals surface area contributed by atoms with Gasteiger partial charge in [-0.15, -0.1) is 36.2 Å². The van der Waals surface area contributed by atoms with Crippen LogP contribution in [0.25, 0.3) is 0 Å². The molecule has 0 spiro atoms. The zero-order valence-corrected chi connectivity index (χ0v) is 18.1. The molecule has 1 saturated carbocycles. The van der Waals surface area contributed by atoms with Crippen LogP contribution in [0, 0.1) is 5.41 Å². The molecule has 0 saturated heterocycles. The first kappa shape index (κ1) is 24.6. The van der Waals surface area contributed by atoms with Gasteiger partial charge in [-0.25, -0.2) is 4.98 Å². The van der Waals surface area contributed by atoms with Crippen LogP contribution in [0.15, 0.2) is 5.38 Å². The van der Waals surface area contributed by atoms with Gasteiger partial charge in [0.05, 0.1) is 16.8 Å². The van der Waals surface area contributed by atoms with Gasteiger partial charge in [-0.1, -0.05) is 27.7 Å². The number of carbonyl (C=O) groups excluding carboxylic acids is 1. The van der Waals surface area contributed by atoms with E-state index in [4.69, 9.17) is 10.5 Å². The van der Waals surface area contributed by atoms with Gasteiger partial charge in [0.25, 0.3) is 0 Å². The summed E-state index contributed by atoms with van der Waals surface area (Å²) in [5, 5.41) is 6.18. The van der Waals surface area contributed by atoms with Gasteiger partial charge >= 0.3 is 0 Å². The van der Waals surface area contributed by atoms with E-state index in [1.165, 1.54) is 0 Å². The lowest BCUT2D eigenvalue weighted by Gasteiger charge is -2.57. The average Bonchev–Trinajstić information content (AvgIpc) is 2.95. The van der Waals surface area contributed by atoms with Gasteiger partial charge in [-0.2, -0.15) is 0 Å². The van der Waals surface area contributed by atoms with E-state index in [0.29, 0.717) is 25.5 Å². The van der Waals surface area contributed by atoms with Crippen LogP contribution < -0.4 is 11.1 Å². The van der Waals surface area contributed by atoms with Crippen LogP contribution in [0.3, 0.4) is 0 Å². The Bertz CT molecular complexity index is 566. The third kappa shape index (κ3) is 4.86. The molecule has 2 rings (SSSR count). The fraction of sp³-hybridized carbons (Fsp3) is 0.765. The maximum atomic E-state index is 12.5. The van der Waals surface area contributed by atoms with E-state index in [-0.39, 0.29) is 42.2 Å². The van der Waals surface area contributed by atoms with Crippen molar-refractivity contribution in [3.05, 3.63) is 16.1 Å². The number of carbonyl (C=O) groups is 1. The zero-order valence-electron chi connectivity index (χ0n) is 15.6. The quantitative estimate of drug-likeness (QED) is 0.721. The molecular formula is C17H31Cl2N3O2S. The van der Waals surface area contributed by atoms with Crippen LogP contribution in [0.1, 0.15) is 57.7 Å². The first-order chi connectivity index (χ1) is 10.7. The minimum atomic E-state index is -0.849. The van der Waals surface area contributed by atoms with Gasteiger partial charge in [-0.3, -0.25) is 4.79 Å². The van der Waals surface area contributed by atoms with Crippen LogP contribution in [-0.2, 0) is 16.0 Å². The monoisotopic (exact) mass is 411 g/mol. The van der Waals surface area contributed by atoms with Gasteiger partial charge in [0.1, 0.15) is 5.54 Å². The highest BCUT2D eigenvalue weighted by Gasteiger charge is 2.62. The number of nitrogens with one attached hydrogen (secondary N) is 1. The first-order valence-corrected chi connectivity index (χ1v) is 9.23. The van der Waals surface area contributed by atoms with Crippen molar-refractivity contribution in [2.24, 2.45) is 11.1 Å². The number of nitrogens with zero attached hydrogens (tertiary/aromatic N) is 1. The lowest BCUT2D eigenvalue weighted by atomic mass is 9.54. The molecule has 1 aromatic heterocycles. The fourth-order valence-corrected chi connectivity index (χ4v) is 3.85. The van der Waals surface area contributed by atoms with Crippen molar-refractivity contribution in [2.75, 3.05) is 13.2 Å². The molecule has 1 fully saturated rings. The van der Waals surface area contributed by atoms with E-state index in [2.05, 4.69) is 29.5 Å². The molecule has 0 aliphatic heterocycles. The number of hydrogen-bond donors (Lipinski definition) is 2. The maximum absolute atomic E-state index is 12.5. The highest BCUT2D eigenvalue weighted by molar-refractivity contribution is 7.09. The van der Waals surface area contributed by atoms with Crippen molar-refractivity contribution in [1.82, 2.24) is 10.3 Å². The second kappa shape index (κ2) is 9.51. The Balaban J connectivity index is 0.00000288. The van der Waals surface area contributed by atoms with Crippen LogP contribution in [0.2, 0.25) is 0 Å². The Labute approximate surface area is 167 Å². The summed E-state index contributed by atoms with van der Waals surface area (Å²) in [5.41, 5.74) is 6.20. The largest absolute Gasteiger partial charge is 0.378 e. The summed E-state index contributed by atoms with van der Waals surface area (Å²) in [6.45, 7) is 11.5. The summed E-state index contributed by atoms with van der Waals surface area (Å²) in [7, 11) is 0. The van der Waals surface area contributed by atoms with E-state index in [1.807, 2.05) is 20.8 Å². The minimum absolute atomic E-state index is 0. The number of rotatable bonds is 7. The molecule has 0 aromatic carbocycles. The summed E-state index contributed by atoms with van der Waals surface area (Å²) in [6, 6.07) is 0. The second-order valence-electron chi connectivity index (χ2n) is 7.18. The van der Waals surface area contributed by atoms with E-state index in [0.717, 1.165) is 17.1 Å². The standard InChI is InChI=1S/C17H29N3O2S.2ClH/c1-6-22-13-9-17(18,16(13,4)5)15(21)19-8-7-12-10-23-14(20-12)11(2)3;;/h10-11,13H,6-9,18H2,1-5H3,(H,19,21);2*1H. The molecule has 2 atom stereocenters. The van der Waals surface area contributed by atoms with E-state index < -0.39 is 5.54 Å². The molecule has 1 aliphatic rings. The highest BCUT2D eigenvalue weighted by Crippen LogP contribution is 2.49. The Kier molecular flexibility index (Phi) is 9.36. The van der Waals surface area contributed by atoms with Gasteiger partial charge in [0, 0.05) is 42.7 Å². The zero-order chi connectivity index (χ0) is 17.3. The molecule has 25 heavy (non-hydrogen) atoms. The molecule has 1 aliphatic carbocycles. The molecule has 3 N–H and O–H groups in total. The number of thiazole rings is 1. The number of nitrogens with two attached hydrogens (primary N) is 1. The van der Waals surface area contributed by atoms with Crippen molar-refractivity contribution < 1.29 is 9.53 Å². The van der Waals surface area contributed by atoms with Crippen molar-refractivity contribution in [2.45, 2.75) is 65.0 Å². The molecule has 2 unspecified atom stereocenters. The Morgan fingerprint density at radius 2 is 2.12 bits per heavy atom. The highest BCUT2D eigenvalue weighted by atomic mass is 35.5. The number of amides is 1. The molecule has 1 amide bonds. The van der Waals surface area contributed by atoms with E-state index >= 15 is 0 Å². The number of aromatic nitrogens is 1. The van der Waals surface area contributed by atoms with Gasteiger partial charge < -0.3 is 15.8 Å². The van der Waals surface area contributed by atoms with Crippen LogP contribution in [0.5, 0.6) is 0 Å². The van der Waals surface area contributed by atoms with Crippen molar-refractivity contribution in [3.8, 4) is 0 Å². The third-order valence-electron chi connectivity index (χ3n) is 4.97. The number of ether oxygens (including phenoxy) is 1. The summed E-state index contributed by atoms with van der Waals surface area (Å²) in [4.78, 5) is 17.1. The Morgan fingerprint density at radius 1 is 1.48 bits per heavy atom. The van der Waals surface area contributed by atoms with Crippen LogP contribution >= 0.6 is 36.2 Å². The molecular weight excluding hydrogens is 381 g/mol. The predicted octanol–water partition coefficient (Wildman–Crippen LogP) is 3.30. The molecule has 5 nitrogen and oxygen atoms in total. The first-order valence-electron chi connectivity index (χ1n) is 8.35. The smallest absolute Gasteiger partial charge is 0.240 e. The van der Waals surface area contributed by atoms with Gasteiger partial charge in [-0.05, 0) is 6.92 Å². The summed E-state index contributed by atoms with van der Waals surface area (Å²) < 4.78 is 5.67. The van der Waals surface area contributed by atoms with Crippen LogP contribution in [0.4, 0.5) is 0 Å². The maximum Gasteiger partial charge on any atom is 0.240 e. The van der Waals surface area contributed by atoms with E-state index in [9.17, 15) is 4.79 Å². The SMILES string of the molecule is CCOC1CC(N)(C(=O)NCCc2csc(C(C)C)n2)C1(C)C.Cl.Cl. The van der Waals surface area contributed by atoms with E-state index in [1.54, 1.807) is 11.3 Å². The van der Waals surface area contributed by atoms with Crippen molar-refractivity contribution in [3.63, 3.8) is 0 Å². The van der Waals surface area contributed by atoms with Crippen molar-refractivity contribution >= 4 is 42.1 Å². The average molecular weight is 412 g/mol. The van der Waals surface area contributed by atoms with Crippen molar-refractivity contribution in [1.29, 1.82) is 0 Å². The minimum Gasteiger partial charge on any atom is -0.378 e. The number of halogens is 2. The lowest BCUT2D eigenvalue weighted by Crippen LogP contribution is -2.75. The molecule has 1 heterocycles. The Morgan fingerprint density at radius 3 is 2.60 bits per heavy atom. The summed E-state index contributed by atoms with van der Waals surface area (Å²) in [6.07, 6.45) is 1.37. The normalized spacial score (nSPS) is 24.0. The van der Waals surface area contributed by atoms with Gasteiger partial charge in [0.2, 0.25) is 5.91 Å². The summed E-state index contributed by atoms with van der Waals surface area (Å²) in [5.74, 6) is 0.361. The molecule has 0 bridgehead atoms. The lowest BCUT2D eigenvalue weighted by molar-refractivity contribution is -0.170. The predicted molar refractivity (Wildman–Crippen MR) is 108 cm³/mol. The van der Waals surface area contributed by atoms with Gasteiger partial charge in [0.15, 0.2) is 0 Å². The summed E-state index contributed by atoms with van der Waals surface area (Å²) >= 11 is 1.68. The van der Waals surface area contributed by atoms with Crippen LogP contribution in [-0.4, -0.2) is 35.7 Å². The molecule has 146 valence electrons. The third-order valence-corrected chi connectivity index (χ3v) is 6.16. The molecule has 8 heteroatoms. The topological polar surface area (TPSA) is 77.2 Å². The molecule has 0 radical (unpaired) electrons. The molecule has 1 aromatic rings. The second-order valence-corrected chi connectivity index (χ2v) is 8.07. The fourth-order valence-electron chi connectivity index (χ4n) is 2.99. The Hall–Kier alpha value is -0.400. The number of hydrogen-bond acceptors (Lipinski definition) is 5.